The van der Waals surface area contributed by atoms with Crippen LogP contribution in [-0.4, -0.2) is 34.2 Å². The first kappa shape index (κ1) is 16.9. The molecule has 2 fully saturated rings. The zero-order valence-corrected chi connectivity index (χ0v) is 15.7. The second kappa shape index (κ2) is 5.85. The topological polar surface area (TPSA) is 64.6 Å². The van der Waals surface area contributed by atoms with Gasteiger partial charge in [-0.2, -0.15) is 5.26 Å². The third-order valence-electron chi connectivity index (χ3n) is 6.78. The molecule has 1 saturated heterocycles. The number of fused-ring (bicyclic) bond motifs is 5. The third kappa shape index (κ3) is 2.11. The number of aliphatic hydroxyl groups excluding tert-OH is 1. The van der Waals surface area contributed by atoms with Gasteiger partial charge < -0.3 is 10.0 Å². The van der Waals surface area contributed by atoms with Crippen molar-refractivity contribution in [1.82, 2.24) is 9.38 Å². The van der Waals surface area contributed by atoms with E-state index in [-0.39, 0.29) is 12.4 Å². The Morgan fingerprint density at radius 1 is 1.15 bits per heavy atom. The van der Waals surface area contributed by atoms with Gasteiger partial charge in [-0.25, -0.2) is 4.98 Å². The zero-order valence-electron chi connectivity index (χ0n) is 14.9. The minimum absolute atomic E-state index is 0. The fourth-order valence-corrected chi connectivity index (χ4v) is 5.49. The van der Waals surface area contributed by atoms with Crippen molar-refractivity contribution in [3.63, 3.8) is 0 Å². The molecule has 3 aliphatic rings. The van der Waals surface area contributed by atoms with Crippen LogP contribution in [0.25, 0.3) is 16.7 Å². The summed E-state index contributed by atoms with van der Waals surface area (Å²) in [6.45, 7) is 2.34. The molecule has 2 atom stereocenters. The van der Waals surface area contributed by atoms with Crippen molar-refractivity contribution in [3.05, 3.63) is 41.0 Å². The summed E-state index contributed by atoms with van der Waals surface area (Å²) in [5.41, 5.74) is 6.16. The van der Waals surface area contributed by atoms with E-state index in [0.717, 1.165) is 54.6 Å². The number of hydrogen-bond acceptors (Lipinski definition) is 4. The maximum Gasteiger partial charge on any atom is 0.157 e. The van der Waals surface area contributed by atoms with Gasteiger partial charge in [0.05, 0.1) is 16.6 Å². The number of benzene rings is 1. The molecule has 3 aromatic rings. The minimum Gasteiger partial charge on any atom is -0.396 e. The first-order valence-corrected chi connectivity index (χ1v) is 9.52. The van der Waals surface area contributed by atoms with Gasteiger partial charge in [0.15, 0.2) is 5.65 Å². The van der Waals surface area contributed by atoms with Crippen LogP contribution >= 0.6 is 12.4 Å². The normalized spacial score (nSPS) is 25.3. The van der Waals surface area contributed by atoms with E-state index in [1.807, 2.05) is 18.2 Å². The Bertz CT molecular complexity index is 1100. The highest BCUT2D eigenvalue weighted by Crippen LogP contribution is 2.53. The van der Waals surface area contributed by atoms with Crippen LogP contribution in [0.3, 0.4) is 0 Å². The Morgan fingerprint density at radius 3 is 2.63 bits per heavy atom. The van der Waals surface area contributed by atoms with Crippen molar-refractivity contribution in [1.29, 1.82) is 5.26 Å². The predicted octanol–water partition coefficient (Wildman–Crippen LogP) is 2.94. The van der Waals surface area contributed by atoms with Crippen LogP contribution in [0, 0.1) is 29.1 Å². The average Bonchev–Trinajstić information content (AvgIpc) is 3.12. The number of hydrogen-bond donors (Lipinski definition) is 1. The van der Waals surface area contributed by atoms with Crippen molar-refractivity contribution in [2.24, 2.45) is 17.8 Å². The molecule has 6 heteroatoms. The van der Waals surface area contributed by atoms with Gasteiger partial charge in [0.1, 0.15) is 11.9 Å². The van der Waals surface area contributed by atoms with Gasteiger partial charge in [0.2, 0.25) is 0 Å². The average molecular weight is 381 g/mol. The molecule has 2 aliphatic carbocycles. The van der Waals surface area contributed by atoms with E-state index < -0.39 is 0 Å². The van der Waals surface area contributed by atoms with Gasteiger partial charge in [-0.05, 0) is 60.3 Å². The number of nitrogens with zero attached hydrogens (tertiary/aromatic N) is 4. The lowest BCUT2D eigenvalue weighted by Gasteiger charge is -2.26. The predicted molar refractivity (Wildman–Crippen MR) is 106 cm³/mol. The summed E-state index contributed by atoms with van der Waals surface area (Å²) in [5, 5.41) is 19.4. The number of imidazole rings is 1. The van der Waals surface area contributed by atoms with Crippen molar-refractivity contribution in [2.45, 2.75) is 19.3 Å². The molecule has 138 valence electrons. The van der Waals surface area contributed by atoms with Gasteiger partial charge in [0, 0.05) is 19.7 Å². The van der Waals surface area contributed by atoms with Crippen molar-refractivity contribution >= 4 is 34.9 Å². The number of piperidine rings is 1. The minimum atomic E-state index is 0. The number of anilines is 1. The number of nitriles is 1. The van der Waals surface area contributed by atoms with E-state index in [2.05, 4.69) is 21.4 Å². The summed E-state index contributed by atoms with van der Waals surface area (Å²) in [7, 11) is 0. The second-order valence-corrected chi connectivity index (χ2v) is 7.96. The maximum absolute atomic E-state index is 9.85. The zero-order chi connectivity index (χ0) is 17.4. The molecule has 0 unspecified atom stereocenters. The van der Waals surface area contributed by atoms with Crippen LogP contribution in [-0.2, 0) is 12.8 Å². The summed E-state index contributed by atoms with van der Waals surface area (Å²) in [6.07, 6.45) is 3.13. The van der Waals surface area contributed by atoms with Crippen LogP contribution in [0.5, 0.6) is 0 Å². The Hall–Kier alpha value is -2.29. The van der Waals surface area contributed by atoms with Crippen LogP contribution in [0.15, 0.2) is 24.3 Å². The van der Waals surface area contributed by atoms with E-state index in [9.17, 15) is 10.4 Å². The number of para-hydroxylation sites is 2. The van der Waals surface area contributed by atoms with Crippen molar-refractivity contribution in [3.8, 4) is 6.07 Å². The lowest BCUT2D eigenvalue weighted by Crippen LogP contribution is -2.28. The summed E-state index contributed by atoms with van der Waals surface area (Å²) >= 11 is 0. The largest absolute Gasteiger partial charge is 0.396 e. The number of rotatable bonds is 2. The van der Waals surface area contributed by atoms with Gasteiger partial charge in [-0.15, -0.1) is 12.4 Å². The fourth-order valence-electron chi connectivity index (χ4n) is 5.49. The second-order valence-electron chi connectivity index (χ2n) is 7.96. The monoisotopic (exact) mass is 380 g/mol. The van der Waals surface area contributed by atoms with Crippen LogP contribution in [0.2, 0.25) is 0 Å². The van der Waals surface area contributed by atoms with Gasteiger partial charge in [0.25, 0.3) is 0 Å². The number of aromatic nitrogens is 2. The highest BCUT2D eigenvalue weighted by Gasteiger charge is 2.55. The Labute approximate surface area is 163 Å². The molecule has 1 saturated carbocycles. The molecule has 6 rings (SSSR count). The molecule has 1 N–H and O–H groups in total. The Kier molecular flexibility index (Phi) is 3.65. The molecule has 0 amide bonds. The molecule has 0 radical (unpaired) electrons. The summed E-state index contributed by atoms with van der Waals surface area (Å²) in [6, 6.07) is 10.6. The molecule has 1 aromatic carbocycles. The SMILES string of the molecule is Cl.N#Cc1c2c(c(N3C[C@H]4C(CO)[C@@H]4C3)n3c1nc1ccccc13)CCC2. The molecule has 2 aromatic heterocycles. The third-order valence-corrected chi connectivity index (χ3v) is 6.78. The molecule has 0 bridgehead atoms. The molecule has 5 nitrogen and oxygen atoms in total. The standard InChI is InChI=1S/C21H20N4O.ClH/c22-8-14-12-4-3-5-13(12)21(24-9-15-16(10-24)17(15)11-26)25-19-7-2-1-6-18(19)23-20(14)25;/h1-2,6-7,15-17,26H,3-5,9-11H2;1H/t15-,16-;/m1./s1. The van der Waals surface area contributed by atoms with E-state index in [0.29, 0.717) is 24.4 Å². The maximum atomic E-state index is 9.85. The van der Waals surface area contributed by atoms with E-state index in [1.54, 1.807) is 0 Å². The van der Waals surface area contributed by atoms with Crippen LogP contribution < -0.4 is 4.90 Å². The lowest BCUT2D eigenvalue weighted by atomic mass is 10.1. The smallest absolute Gasteiger partial charge is 0.157 e. The first-order chi connectivity index (χ1) is 12.8. The molecule has 1 aliphatic heterocycles. The van der Waals surface area contributed by atoms with E-state index in [4.69, 9.17) is 4.98 Å². The molecular formula is C21H21ClN4O. The van der Waals surface area contributed by atoms with E-state index >= 15 is 0 Å². The van der Waals surface area contributed by atoms with Crippen molar-refractivity contribution < 1.29 is 5.11 Å². The summed E-state index contributed by atoms with van der Waals surface area (Å²) in [5.74, 6) is 2.99. The van der Waals surface area contributed by atoms with Gasteiger partial charge >= 0.3 is 0 Å². The number of aliphatic hydroxyl groups is 1. The van der Waals surface area contributed by atoms with Gasteiger partial charge in [-0.3, -0.25) is 4.40 Å². The Morgan fingerprint density at radius 2 is 1.89 bits per heavy atom. The highest BCUT2D eigenvalue weighted by molar-refractivity contribution is 5.87. The molecular weight excluding hydrogens is 360 g/mol. The Balaban J connectivity index is 0.00000160. The highest BCUT2D eigenvalue weighted by atomic mass is 35.5. The molecule has 3 heterocycles. The quantitative estimate of drug-likeness (QED) is 0.742. The number of pyridine rings is 1. The van der Waals surface area contributed by atoms with Crippen LogP contribution in [0.4, 0.5) is 5.82 Å². The molecule has 0 spiro atoms. The number of halogens is 1. The van der Waals surface area contributed by atoms with Crippen LogP contribution in [0.1, 0.15) is 23.1 Å². The summed E-state index contributed by atoms with van der Waals surface area (Å²) in [4.78, 5) is 7.32. The fraction of sp³-hybridized carbons (Fsp3) is 0.429. The lowest BCUT2D eigenvalue weighted by molar-refractivity contribution is 0.260. The first-order valence-electron chi connectivity index (χ1n) is 9.52. The van der Waals surface area contributed by atoms with E-state index in [1.165, 1.54) is 16.9 Å². The molecule has 27 heavy (non-hydrogen) atoms. The van der Waals surface area contributed by atoms with Crippen molar-refractivity contribution in [2.75, 3.05) is 24.6 Å². The summed E-state index contributed by atoms with van der Waals surface area (Å²) < 4.78 is 2.23. The van der Waals surface area contributed by atoms with Gasteiger partial charge in [-0.1, -0.05) is 12.1 Å².